The first-order valence-corrected chi connectivity index (χ1v) is 7.84. The van der Waals surface area contributed by atoms with Gasteiger partial charge >= 0.3 is 11.9 Å². The maximum Gasteiger partial charge on any atom is 0.328 e. The molecule has 1 aliphatic heterocycles. The monoisotopic (exact) mass is 320 g/mol. The zero-order valence-corrected chi connectivity index (χ0v) is 13.1. The van der Waals surface area contributed by atoms with Gasteiger partial charge in [0, 0.05) is 36.4 Å². The minimum Gasteiger partial charge on any atom is -0.478 e. The average molecular weight is 320 g/mol. The number of aliphatic hydroxyl groups is 1. The first-order valence-electron chi connectivity index (χ1n) is 6.69. The molecule has 0 aromatic rings. The van der Waals surface area contributed by atoms with Crippen molar-refractivity contribution in [1.82, 2.24) is 4.90 Å². The van der Waals surface area contributed by atoms with E-state index in [1.54, 1.807) is 0 Å². The Kier molecular flexibility index (Phi) is 10.1. The average Bonchev–Trinajstić information content (AvgIpc) is 2.97. The minimum atomic E-state index is -1.26. The molecule has 0 bridgehead atoms. The maximum absolute atomic E-state index is 9.91. The van der Waals surface area contributed by atoms with Crippen molar-refractivity contribution < 1.29 is 24.9 Å². The summed E-state index contributed by atoms with van der Waals surface area (Å²) in [6, 6.07) is -0.108. The van der Waals surface area contributed by atoms with Gasteiger partial charge in [-0.25, -0.2) is 9.59 Å². The summed E-state index contributed by atoms with van der Waals surface area (Å²) in [4.78, 5) is 21.2. The van der Waals surface area contributed by atoms with Gasteiger partial charge in [-0.15, -0.1) is 11.8 Å². The van der Waals surface area contributed by atoms with Gasteiger partial charge in [0.05, 0.1) is 0 Å². The normalized spacial score (nSPS) is 19.6. The lowest BCUT2D eigenvalue weighted by Gasteiger charge is -2.30. The van der Waals surface area contributed by atoms with E-state index >= 15 is 0 Å². The van der Waals surface area contributed by atoms with Gasteiger partial charge in [0.25, 0.3) is 0 Å². The van der Waals surface area contributed by atoms with E-state index in [2.05, 4.69) is 18.7 Å². The highest BCUT2D eigenvalue weighted by Gasteiger charge is 2.27. The largest absolute Gasteiger partial charge is 0.478 e. The van der Waals surface area contributed by atoms with Crippen molar-refractivity contribution in [2.45, 2.75) is 32.5 Å². The smallest absolute Gasteiger partial charge is 0.328 e. The third-order valence-electron chi connectivity index (χ3n) is 3.17. The fourth-order valence-corrected chi connectivity index (χ4v) is 2.60. The summed E-state index contributed by atoms with van der Waals surface area (Å²) in [5.74, 6) is -0.0873. The molecule has 1 rings (SSSR count). The van der Waals surface area contributed by atoms with Crippen LogP contribution < -0.4 is 5.73 Å². The predicted molar refractivity (Wildman–Crippen MR) is 81.9 cm³/mol. The molecule has 1 fully saturated rings. The Balaban J connectivity index is 0.000000433. The molecule has 1 heterocycles. The SMILES string of the molecule is CCC(C)C(N)C(O)N1CCSC1.O=C(O)/C=C/C(=O)O. The highest BCUT2D eigenvalue weighted by Crippen LogP contribution is 2.19. The number of nitrogens with two attached hydrogens (primary N) is 1. The number of hydrogen-bond acceptors (Lipinski definition) is 6. The molecular weight excluding hydrogens is 296 g/mol. The highest BCUT2D eigenvalue weighted by atomic mass is 32.2. The van der Waals surface area contributed by atoms with Crippen LogP contribution in [0.4, 0.5) is 0 Å². The van der Waals surface area contributed by atoms with E-state index in [0.29, 0.717) is 18.1 Å². The van der Waals surface area contributed by atoms with Crippen molar-refractivity contribution in [3.8, 4) is 0 Å². The zero-order valence-electron chi connectivity index (χ0n) is 12.3. The van der Waals surface area contributed by atoms with Crippen LogP contribution in [0, 0.1) is 5.92 Å². The maximum atomic E-state index is 9.91. The molecule has 3 atom stereocenters. The molecule has 122 valence electrons. The van der Waals surface area contributed by atoms with Crippen molar-refractivity contribution in [2.75, 3.05) is 18.2 Å². The molecule has 0 radical (unpaired) electrons. The Morgan fingerprint density at radius 2 is 1.86 bits per heavy atom. The summed E-state index contributed by atoms with van der Waals surface area (Å²) in [5.41, 5.74) is 5.95. The van der Waals surface area contributed by atoms with Gasteiger partial charge in [0.15, 0.2) is 0 Å². The number of rotatable bonds is 6. The van der Waals surface area contributed by atoms with Crippen molar-refractivity contribution in [3.63, 3.8) is 0 Å². The molecule has 0 saturated carbocycles. The Morgan fingerprint density at radius 3 is 2.19 bits per heavy atom. The Bertz CT molecular complexity index is 342. The second-order valence-electron chi connectivity index (χ2n) is 4.74. The number of carboxylic acids is 2. The molecule has 8 heteroatoms. The van der Waals surface area contributed by atoms with Crippen molar-refractivity contribution in [2.24, 2.45) is 11.7 Å². The third-order valence-corrected chi connectivity index (χ3v) is 4.15. The Morgan fingerprint density at radius 1 is 1.33 bits per heavy atom. The number of thioether (sulfide) groups is 1. The fourth-order valence-electron chi connectivity index (χ4n) is 1.59. The van der Waals surface area contributed by atoms with Crippen LogP contribution in [-0.2, 0) is 9.59 Å². The van der Waals surface area contributed by atoms with E-state index in [0.717, 1.165) is 24.6 Å². The zero-order chi connectivity index (χ0) is 16.4. The summed E-state index contributed by atoms with van der Waals surface area (Å²) >= 11 is 1.86. The Hall–Kier alpha value is -1.09. The van der Waals surface area contributed by atoms with E-state index in [1.165, 1.54) is 0 Å². The number of carboxylic acid groups (broad SMARTS) is 2. The van der Waals surface area contributed by atoms with Crippen LogP contribution in [0.25, 0.3) is 0 Å². The lowest BCUT2D eigenvalue weighted by Crippen LogP contribution is -2.49. The molecule has 0 aromatic heterocycles. The summed E-state index contributed by atoms with van der Waals surface area (Å²) in [6.07, 6.45) is 1.69. The van der Waals surface area contributed by atoms with Crippen LogP contribution in [0.2, 0.25) is 0 Å². The van der Waals surface area contributed by atoms with E-state index in [4.69, 9.17) is 15.9 Å². The number of hydrogen-bond donors (Lipinski definition) is 4. The van der Waals surface area contributed by atoms with Crippen LogP contribution >= 0.6 is 11.8 Å². The van der Waals surface area contributed by atoms with Gasteiger partial charge in [-0.1, -0.05) is 20.3 Å². The van der Waals surface area contributed by atoms with Crippen molar-refractivity contribution >= 4 is 23.7 Å². The molecular formula is C13H24N2O5S. The molecule has 1 saturated heterocycles. The molecule has 1 aliphatic rings. The van der Waals surface area contributed by atoms with Crippen LogP contribution in [-0.4, -0.2) is 62.6 Å². The molecule has 0 aromatic carbocycles. The number of aliphatic carboxylic acids is 2. The van der Waals surface area contributed by atoms with Gasteiger partial charge in [0.2, 0.25) is 0 Å². The topological polar surface area (TPSA) is 124 Å². The van der Waals surface area contributed by atoms with Crippen LogP contribution in [0.15, 0.2) is 12.2 Å². The van der Waals surface area contributed by atoms with Gasteiger partial charge in [-0.2, -0.15) is 0 Å². The first kappa shape index (κ1) is 19.9. The predicted octanol–water partition coefficient (Wildman–Crippen LogP) is 0.396. The van der Waals surface area contributed by atoms with Crippen LogP contribution in [0.1, 0.15) is 20.3 Å². The molecule has 0 spiro atoms. The molecule has 0 aliphatic carbocycles. The van der Waals surface area contributed by atoms with Crippen LogP contribution in [0.3, 0.4) is 0 Å². The number of nitrogens with zero attached hydrogens (tertiary/aromatic N) is 1. The van der Waals surface area contributed by atoms with E-state index in [9.17, 15) is 14.7 Å². The van der Waals surface area contributed by atoms with Gasteiger partial charge < -0.3 is 21.1 Å². The molecule has 5 N–H and O–H groups in total. The summed E-state index contributed by atoms with van der Waals surface area (Å²) in [7, 11) is 0. The first-order chi connectivity index (χ1) is 9.79. The second-order valence-corrected chi connectivity index (χ2v) is 5.81. The quantitative estimate of drug-likeness (QED) is 0.518. The summed E-state index contributed by atoms with van der Waals surface area (Å²) in [6.45, 7) is 5.17. The van der Waals surface area contributed by atoms with Crippen molar-refractivity contribution in [3.05, 3.63) is 12.2 Å². The molecule has 21 heavy (non-hydrogen) atoms. The van der Waals surface area contributed by atoms with Crippen LogP contribution in [0.5, 0.6) is 0 Å². The molecule has 0 amide bonds. The van der Waals surface area contributed by atoms with E-state index in [1.807, 2.05) is 11.8 Å². The lowest BCUT2D eigenvalue weighted by atomic mass is 9.98. The molecule has 3 unspecified atom stereocenters. The molecule has 7 nitrogen and oxygen atoms in total. The second kappa shape index (κ2) is 10.6. The number of carbonyl (C=O) groups is 2. The van der Waals surface area contributed by atoms with E-state index in [-0.39, 0.29) is 6.04 Å². The van der Waals surface area contributed by atoms with E-state index < -0.39 is 18.2 Å². The van der Waals surface area contributed by atoms with Crippen molar-refractivity contribution in [1.29, 1.82) is 0 Å². The Labute approximate surface area is 128 Å². The van der Waals surface area contributed by atoms with Gasteiger partial charge in [-0.05, 0) is 5.92 Å². The minimum absolute atomic E-state index is 0.108. The van der Waals surface area contributed by atoms with Gasteiger partial charge in [0.1, 0.15) is 6.23 Å². The highest BCUT2D eigenvalue weighted by molar-refractivity contribution is 7.99. The lowest BCUT2D eigenvalue weighted by molar-refractivity contribution is -0.134. The number of aliphatic hydroxyl groups excluding tert-OH is 1. The fraction of sp³-hybridized carbons (Fsp3) is 0.692. The third kappa shape index (κ3) is 8.71. The summed E-state index contributed by atoms with van der Waals surface area (Å²) < 4.78 is 0. The standard InChI is InChI=1S/C9H20N2OS.C4H4O4/c1-3-7(2)8(10)9(12)11-4-5-13-6-11;5-3(6)1-2-4(7)8/h7-9,12H,3-6,10H2,1-2H3;1-2H,(H,5,6)(H,7,8)/b;2-1+. The van der Waals surface area contributed by atoms with Gasteiger partial charge in [-0.3, -0.25) is 4.90 Å². The summed E-state index contributed by atoms with van der Waals surface area (Å²) in [5, 5.41) is 25.5.